The number of quaternary nitrogens is 1. The van der Waals surface area contributed by atoms with Gasteiger partial charge in [-0.25, -0.2) is 0 Å². The van der Waals surface area contributed by atoms with Crippen LogP contribution in [0.15, 0.2) is 0 Å². The summed E-state index contributed by atoms with van der Waals surface area (Å²) in [6.45, 7) is 0.818. The van der Waals surface area contributed by atoms with Crippen LogP contribution in [0.25, 0.3) is 0 Å². The number of carbonyl (C=O) groups excluding carboxylic acids is 1. The van der Waals surface area contributed by atoms with Crippen LogP contribution in [0.1, 0.15) is 44.9 Å². The van der Waals surface area contributed by atoms with Crippen molar-refractivity contribution in [3.05, 3.63) is 0 Å². The number of hydrogen-bond acceptors (Lipinski definition) is 3. The van der Waals surface area contributed by atoms with E-state index in [0.29, 0.717) is 0 Å². The smallest absolute Gasteiger partial charge is 0.0843 e. The maximum Gasteiger partial charge on any atom is 0.0843 e. The molecule has 0 aromatic heterocycles. The molecule has 1 aliphatic heterocycles. The summed E-state index contributed by atoms with van der Waals surface area (Å²) in [6.07, 6.45) is 8.73. The zero-order chi connectivity index (χ0) is 11.1. The molecule has 88 valence electrons. The first-order valence-electron chi connectivity index (χ1n) is 5.97. The molecule has 4 N–H and O–H groups in total. The monoisotopic (exact) mass is 214 g/mol. The summed E-state index contributed by atoms with van der Waals surface area (Å²) in [4.78, 5) is 10.0. The number of hydrogen-bond donors (Lipinski definition) is 2. The van der Waals surface area contributed by atoms with Gasteiger partial charge in [0.1, 0.15) is 0 Å². The first-order valence-corrected chi connectivity index (χ1v) is 5.97. The quantitative estimate of drug-likeness (QED) is 0.590. The molecule has 0 unspecified atom stereocenters. The predicted octanol–water partition coefficient (Wildman–Crippen LogP) is -0.951. The molecular formula is C11H22N2O2. The first-order chi connectivity index (χ1) is 7.20. The zero-order valence-electron chi connectivity index (χ0n) is 9.34. The van der Waals surface area contributed by atoms with Gasteiger partial charge in [0.2, 0.25) is 0 Å². The average molecular weight is 214 g/mol. The molecule has 1 aliphatic carbocycles. The molecule has 0 aromatic rings. The van der Waals surface area contributed by atoms with Crippen LogP contribution in [0.5, 0.6) is 0 Å². The van der Waals surface area contributed by atoms with E-state index >= 15 is 0 Å². The summed E-state index contributed by atoms with van der Waals surface area (Å²) >= 11 is 0. The number of carboxylic acids is 1. The van der Waals surface area contributed by atoms with E-state index in [1.807, 2.05) is 0 Å². The van der Waals surface area contributed by atoms with Gasteiger partial charge in [-0.3, -0.25) is 0 Å². The maximum atomic E-state index is 10.0. The molecule has 2 rings (SSSR count). The van der Waals surface area contributed by atoms with E-state index in [2.05, 4.69) is 11.1 Å². The summed E-state index contributed by atoms with van der Waals surface area (Å²) in [5.74, 6) is -0.970. The van der Waals surface area contributed by atoms with Crippen molar-refractivity contribution in [2.45, 2.75) is 57.0 Å². The number of rotatable bonds is 1. The third-order valence-electron chi connectivity index (χ3n) is 3.07. The molecule has 0 radical (unpaired) electrons. The largest absolute Gasteiger partial charge is 0.548 e. The van der Waals surface area contributed by atoms with Gasteiger partial charge in [0.25, 0.3) is 0 Å². The molecule has 2 fully saturated rings. The van der Waals surface area contributed by atoms with Crippen LogP contribution in [0.3, 0.4) is 0 Å². The maximum absolute atomic E-state index is 10.0. The second-order valence-electron chi connectivity index (χ2n) is 4.47. The fourth-order valence-corrected chi connectivity index (χ4v) is 2.07. The molecular weight excluding hydrogens is 192 g/mol. The fourth-order valence-electron chi connectivity index (χ4n) is 2.07. The van der Waals surface area contributed by atoms with Crippen LogP contribution in [-0.2, 0) is 4.79 Å². The molecule has 0 spiro atoms. The minimum Gasteiger partial charge on any atom is -0.548 e. The highest BCUT2D eigenvalue weighted by molar-refractivity contribution is 5.71. The zero-order valence-corrected chi connectivity index (χ0v) is 9.34. The van der Waals surface area contributed by atoms with E-state index in [1.165, 1.54) is 32.1 Å². The van der Waals surface area contributed by atoms with Gasteiger partial charge in [0.05, 0.1) is 12.0 Å². The van der Waals surface area contributed by atoms with Crippen LogP contribution in [0.2, 0.25) is 0 Å². The minimum absolute atomic E-state index is 0.380. The molecule has 0 amide bonds. The average Bonchev–Trinajstić information content (AvgIpc) is 2.72. The third kappa shape index (κ3) is 5.14. The molecule has 15 heavy (non-hydrogen) atoms. The van der Waals surface area contributed by atoms with E-state index in [9.17, 15) is 9.90 Å². The van der Waals surface area contributed by atoms with Crippen LogP contribution < -0.4 is 16.2 Å². The van der Waals surface area contributed by atoms with Crippen LogP contribution in [0, 0.1) is 0 Å². The van der Waals surface area contributed by atoms with Gasteiger partial charge in [0, 0.05) is 6.04 Å². The highest BCUT2D eigenvalue weighted by atomic mass is 16.4. The minimum atomic E-state index is -0.970. The molecule has 4 heteroatoms. The second kappa shape index (κ2) is 6.80. The second-order valence-corrected chi connectivity index (χ2v) is 4.47. The van der Waals surface area contributed by atoms with Gasteiger partial charge in [-0.1, -0.05) is 6.42 Å². The Hall–Kier alpha value is -0.610. The number of carbonyl (C=O) groups is 1. The lowest BCUT2D eigenvalue weighted by Crippen LogP contribution is -2.61. The number of nitrogens with one attached hydrogen (secondary N) is 1. The molecule has 0 aromatic carbocycles. The van der Waals surface area contributed by atoms with E-state index in [-0.39, 0.29) is 6.04 Å². The molecule has 1 saturated carbocycles. The lowest BCUT2D eigenvalue weighted by Gasteiger charge is -2.12. The summed E-state index contributed by atoms with van der Waals surface area (Å²) in [7, 11) is 0. The van der Waals surface area contributed by atoms with Gasteiger partial charge in [0.15, 0.2) is 0 Å². The van der Waals surface area contributed by atoms with Crippen molar-refractivity contribution in [3.63, 3.8) is 0 Å². The van der Waals surface area contributed by atoms with Crippen molar-refractivity contribution >= 4 is 5.97 Å². The van der Waals surface area contributed by atoms with Crippen molar-refractivity contribution < 1.29 is 15.6 Å². The van der Waals surface area contributed by atoms with Gasteiger partial charge in [-0.15, -0.1) is 0 Å². The van der Waals surface area contributed by atoms with Crippen molar-refractivity contribution in [1.29, 1.82) is 0 Å². The summed E-state index contributed by atoms with van der Waals surface area (Å²) < 4.78 is 0. The van der Waals surface area contributed by atoms with Crippen molar-refractivity contribution in [3.8, 4) is 0 Å². The van der Waals surface area contributed by atoms with E-state index in [1.54, 1.807) is 0 Å². The molecule has 1 atom stereocenters. The molecule has 0 bridgehead atoms. The molecule has 1 saturated heterocycles. The summed E-state index contributed by atoms with van der Waals surface area (Å²) in [6, 6.07) is 0.406. The Morgan fingerprint density at radius 1 is 1.13 bits per heavy atom. The summed E-state index contributed by atoms with van der Waals surface area (Å²) in [5, 5.41) is 12.8. The van der Waals surface area contributed by atoms with Crippen LogP contribution in [-0.4, -0.2) is 24.6 Å². The van der Waals surface area contributed by atoms with Gasteiger partial charge in [-0.2, -0.15) is 0 Å². The Labute approximate surface area is 91.2 Å². The van der Waals surface area contributed by atoms with Crippen molar-refractivity contribution in [2.75, 3.05) is 6.54 Å². The SMILES string of the molecule is O=C([O-])[C@@H]1CCCN1.[NH3+]C1CCCCC1. The van der Waals surface area contributed by atoms with Crippen molar-refractivity contribution in [2.24, 2.45) is 0 Å². The predicted molar refractivity (Wildman–Crippen MR) is 55.8 cm³/mol. The van der Waals surface area contributed by atoms with Gasteiger partial charge < -0.3 is 21.0 Å². The third-order valence-corrected chi connectivity index (χ3v) is 3.07. The van der Waals surface area contributed by atoms with E-state index in [4.69, 9.17) is 0 Å². The number of carboxylic acid groups (broad SMARTS) is 1. The topological polar surface area (TPSA) is 79.8 Å². The Kier molecular flexibility index (Phi) is 5.65. The fraction of sp³-hybridized carbons (Fsp3) is 0.909. The van der Waals surface area contributed by atoms with E-state index in [0.717, 1.165) is 25.4 Å². The Bertz CT molecular complexity index is 185. The van der Waals surface area contributed by atoms with Crippen molar-refractivity contribution in [1.82, 2.24) is 5.32 Å². The molecule has 4 nitrogen and oxygen atoms in total. The highest BCUT2D eigenvalue weighted by Gasteiger charge is 2.13. The molecule has 2 aliphatic rings. The standard InChI is InChI=1S/C6H13N.C5H9NO2/c7-6-4-2-1-3-5-6;7-5(8)4-2-1-3-6-4/h6H,1-5,7H2;4,6H,1-3H2,(H,7,8)/t;4-/m.0/s1. The van der Waals surface area contributed by atoms with Crippen LogP contribution >= 0.6 is 0 Å². The van der Waals surface area contributed by atoms with Gasteiger partial charge >= 0.3 is 0 Å². The first kappa shape index (κ1) is 12.5. The van der Waals surface area contributed by atoms with E-state index < -0.39 is 5.97 Å². The lowest BCUT2D eigenvalue weighted by atomic mass is 9.97. The number of aliphatic carboxylic acids is 1. The summed E-state index contributed by atoms with van der Waals surface area (Å²) in [5.41, 5.74) is 4.00. The Morgan fingerprint density at radius 2 is 1.80 bits per heavy atom. The Balaban J connectivity index is 0.000000151. The normalized spacial score (nSPS) is 26.9. The van der Waals surface area contributed by atoms with Crippen LogP contribution in [0.4, 0.5) is 0 Å². The molecule has 1 heterocycles. The Morgan fingerprint density at radius 3 is 2.07 bits per heavy atom. The lowest BCUT2D eigenvalue weighted by molar-refractivity contribution is -0.425. The van der Waals surface area contributed by atoms with Gasteiger partial charge in [-0.05, 0) is 45.1 Å². The highest BCUT2D eigenvalue weighted by Crippen LogP contribution is 2.13.